The Bertz CT molecular complexity index is 1010. The summed E-state index contributed by atoms with van der Waals surface area (Å²) in [5, 5.41) is 0. The zero-order valence-electron chi connectivity index (χ0n) is 16.1. The lowest BCUT2D eigenvalue weighted by molar-refractivity contribution is 0.0730. The Morgan fingerprint density at radius 2 is 1.82 bits per heavy atom. The number of benzene rings is 2. The van der Waals surface area contributed by atoms with Crippen LogP contribution in [0.3, 0.4) is 0 Å². The number of hydrogen-bond acceptors (Lipinski definition) is 4. The number of carbonyl (C=O) groups excluding carboxylic acids is 1. The minimum atomic E-state index is -3.65. The highest BCUT2D eigenvalue weighted by molar-refractivity contribution is 7.89. The summed E-state index contributed by atoms with van der Waals surface area (Å²) < 4.78 is 32.7. The molecule has 6 nitrogen and oxygen atoms in total. The molecule has 28 heavy (non-hydrogen) atoms. The third kappa shape index (κ3) is 3.23. The maximum absolute atomic E-state index is 13.4. The van der Waals surface area contributed by atoms with Gasteiger partial charge in [0, 0.05) is 30.4 Å². The molecule has 2 aromatic rings. The van der Waals surface area contributed by atoms with Gasteiger partial charge in [0.05, 0.1) is 18.1 Å². The lowest BCUT2D eigenvalue weighted by Crippen LogP contribution is -2.40. The van der Waals surface area contributed by atoms with Crippen molar-refractivity contribution in [2.45, 2.75) is 31.2 Å². The molecule has 0 bridgehead atoms. The Kier molecular flexibility index (Phi) is 4.99. The first-order valence-electron chi connectivity index (χ1n) is 9.49. The van der Waals surface area contributed by atoms with E-state index in [0.29, 0.717) is 31.9 Å². The van der Waals surface area contributed by atoms with Crippen LogP contribution in [0.4, 0.5) is 5.69 Å². The molecule has 2 aliphatic heterocycles. The SMILES string of the molecule is Cc1ccc(S(=O)(=O)N2CCOCC2)cc1C(=O)N1c2ccccc2CC1C. The van der Waals surface area contributed by atoms with E-state index in [2.05, 4.69) is 0 Å². The van der Waals surface area contributed by atoms with Gasteiger partial charge in [0.25, 0.3) is 5.91 Å². The molecule has 0 N–H and O–H groups in total. The summed E-state index contributed by atoms with van der Waals surface area (Å²) in [6.07, 6.45) is 0.798. The van der Waals surface area contributed by atoms with E-state index in [4.69, 9.17) is 4.74 Å². The van der Waals surface area contributed by atoms with Crippen LogP contribution in [0, 0.1) is 6.92 Å². The van der Waals surface area contributed by atoms with E-state index >= 15 is 0 Å². The Labute approximate surface area is 165 Å². The third-order valence-electron chi connectivity index (χ3n) is 5.47. The summed E-state index contributed by atoms with van der Waals surface area (Å²) >= 11 is 0. The number of sulfonamides is 1. The van der Waals surface area contributed by atoms with E-state index in [1.807, 2.05) is 38.1 Å². The molecule has 1 saturated heterocycles. The number of carbonyl (C=O) groups is 1. The molecule has 4 rings (SSSR count). The first kappa shape index (κ1) is 19.1. The van der Waals surface area contributed by atoms with Crippen molar-refractivity contribution in [1.82, 2.24) is 4.31 Å². The molecule has 148 valence electrons. The van der Waals surface area contributed by atoms with Crippen molar-refractivity contribution in [3.8, 4) is 0 Å². The minimum Gasteiger partial charge on any atom is -0.379 e. The molecule has 1 amide bonds. The second-order valence-corrected chi connectivity index (χ2v) is 9.29. The Morgan fingerprint density at radius 3 is 2.57 bits per heavy atom. The van der Waals surface area contributed by atoms with Crippen molar-refractivity contribution in [2.24, 2.45) is 0 Å². The van der Waals surface area contributed by atoms with Crippen molar-refractivity contribution in [2.75, 3.05) is 31.2 Å². The highest BCUT2D eigenvalue weighted by Crippen LogP contribution is 2.34. The second-order valence-electron chi connectivity index (χ2n) is 7.35. The molecule has 0 aromatic heterocycles. The van der Waals surface area contributed by atoms with Crippen molar-refractivity contribution < 1.29 is 17.9 Å². The van der Waals surface area contributed by atoms with Gasteiger partial charge in [-0.2, -0.15) is 4.31 Å². The second kappa shape index (κ2) is 7.31. The number of aryl methyl sites for hydroxylation is 1. The predicted molar refractivity (Wildman–Crippen MR) is 107 cm³/mol. The van der Waals surface area contributed by atoms with Crippen molar-refractivity contribution in [3.63, 3.8) is 0 Å². The highest BCUT2D eigenvalue weighted by Gasteiger charge is 2.33. The first-order valence-corrected chi connectivity index (χ1v) is 10.9. The fourth-order valence-corrected chi connectivity index (χ4v) is 5.37. The monoisotopic (exact) mass is 400 g/mol. The number of hydrogen-bond donors (Lipinski definition) is 0. The molecule has 7 heteroatoms. The Morgan fingerprint density at radius 1 is 1.11 bits per heavy atom. The van der Waals surface area contributed by atoms with E-state index in [1.165, 1.54) is 10.4 Å². The summed E-state index contributed by atoms with van der Waals surface area (Å²) in [5.41, 5.74) is 3.24. The lowest BCUT2D eigenvalue weighted by atomic mass is 10.1. The number of para-hydroxylation sites is 1. The normalized spacial score (nSPS) is 20.2. The zero-order chi connectivity index (χ0) is 19.9. The van der Waals surface area contributed by atoms with E-state index < -0.39 is 10.0 Å². The molecule has 2 heterocycles. The summed E-state index contributed by atoms with van der Waals surface area (Å²) in [6.45, 7) is 5.29. The van der Waals surface area contributed by atoms with Gasteiger partial charge in [-0.25, -0.2) is 8.42 Å². The van der Waals surface area contributed by atoms with Crippen LogP contribution in [0.15, 0.2) is 47.4 Å². The molecule has 1 fully saturated rings. The molecule has 0 aliphatic carbocycles. The van der Waals surface area contributed by atoms with Crippen molar-refractivity contribution in [1.29, 1.82) is 0 Å². The van der Waals surface area contributed by atoms with E-state index in [1.54, 1.807) is 17.0 Å². The Balaban J connectivity index is 1.71. The number of anilines is 1. The van der Waals surface area contributed by atoms with Crippen LogP contribution in [0.1, 0.15) is 28.4 Å². The van der Waals surface area contributed by atoms with Crippen LogP contribution >= 0.6 is 0 Å². The van der Waals surface area contributed by atoms with Gasteiger partial charge >= 0.3 is 0 Å². The molecule has 0 spiro atoms. The van der Waals surface area contributed by atoms with Crippen molar-refractivity contribution >= 4 is 21.6 Å². The van der Waals surface area contributed by atoms with Gasteiger partial charge in [-0.05, 0) is 49.6 Å². The molecule has 0 saturated carbocycles. The summed E-state index contributed by atoms with van der Waals surface area (Å²) in [6, 6.07) is 12.7. The van der Waals surface area contributed by atoms with Crippen LogP contribution in [0.2, 0.25) is 0 Å². The predicted octanol–water partition coefficient (Wildman–Crippen LogP) is 2.61. The number of rotatable bonds is 3. The maximum atomic E-state index is 13.4. The van der Waals surface area contributed by atoms with Gasteiger partial charge < -0.3 is 9.64 Å². The third-order valence-corrected chi connectivity index (χ3v) is 7.37. The van der Waals surface area contributed by atoms with Crippen LogP contribution in [-0.2, 0) is 21.2 Å². The van der Waals surface area contributed by atoms with Crippen LogP contribution in [0.25, 0.3) is 0 Å². The fourth-order valence-electron chi connectivity index (χ4n) is 3.93. The summed E-state index contributed by atoms with van der Waals surface area (Å²) in [7, 11) is -3.65. The molecule has 2 aliphatic rings. The van der Waals surface area contributed by atoms with Crippen LogP contribution in [0.5, 0.6) is 0 Å². The van der Waals surface area contributed by atoms with Gasteiger partial charge in [-0.15, -0.1) is 0 Å². The maximum Gasteiger partial charge on any atom is 0.258 e. The quantitative estimate of drug-likeness (QED) is 0.794. The fraction of sp³-hybridized carbons (Fsp3) is 0.381. The lowest BCUT2D eigenvalue weighted by Gasteiger charge is -2.27. The molecular formula is C21H24N2O4S. The van der Waals surface area contributed by atoms with Gasteiger partial charge in [-0.3, -0.25) is 4.79 Å². The van der Waals surface area contributed by atoms with Crippen LogP contribution in [-0.4, -0.2) is 51.0 Å². The van der Waals surface area contributed by atoms with Gasteiger partial charge in [0.2, 0.25) is 10.0 Å². The van der Waals surface area contributed by atoms with Crippen molar-refractivity contribution in [3.05, 3.63) is 59.2 Å². The standard InChI is InChI=1S/C21H24N2O4S/c1-15-7-8-18(28(25,26)22-9-11-27-12-10-22)14-19(15)21(24)23-16(2)13-17-5-3-4-6-20(17)23/h3-8,14,16H,9-13H2,1-2H3. The topological polar surface area (TPSA) is 66.9 Å². The zero-order valence-corrected chi connectivity index (χ0v) is 16.9. The summed E-state index contributed by atoms with van der Waals surface area (Å²) in [5.74, 6) is -0.158. The summed E-state index contributed by atoms with van der Waals surface area (Å²) in [4.78, 5) is 15.3. The van der Waals surface area contributed by atoms with Gasteiger partial charge in [0.15, 0.2) is 0 Å². The number of ether oxygens (including phenoxy) is 1. The smallest absolute Gasteiger partial charge is 0.258 e. The largest absolute Gasteiger partial charge is 0.379 e. The van der Waals surface area contributed by atoms with E-state index in [9.17, 15) is 13.2 Å². The number of amides is 1. The first-order chi connectivity index (χ1) is 13.4. The van der Waals surface area contributed by atoms with Crippen LogP contribution < -0.4 is 4.90 Å². The van der Waals surface area contributed by atoms with Gasteiger partial charge in [-0.1, -0.05) is 24.3 Å². The average Bonchev–Trinajstić information content (AvgIpc) is 3.04. The Hall–Kier alpha value is -2.22. The molecule has 0 radical (unpaired) electrons. The van der Waals surface area contributed by atoms with E-state index in [0.717, 1.165) is 23.2 Å². The number of fused-ring (bicyclic) bond motifs is 1. The minimum absolute atomic E-state index is 0.0313. The molecule has 1 unspecified atom stereocenters. The highest BCUT2D eigenvalue weighted by atomic mass is 32.2. The van der Waals surface area contributed by atoms with E-state index in [-0.39, 0.29) is 16.8 Å². The number of nitrogens with zero attached hydrogens (tertiary/aromatic N) is 2. The molecular weight excluding hydrogens is 376 g/mol. The molecule has 1 atom stereocenters. The van der Waals surface area contributed by atoms with Gasteiger partial charge in [0.1, 0.15) is 0 Å². The number of morpholine rings is 1. The molecule has 2 aromatic carbocycles. The average molecular weight is 401 g/mol.